The fraction of sp³-hybridized carbons (Fsp3) is 0.417. The van der Waals surface area contributed by atoms with E-state index in [9.17, 15) is 9.00 Å². The van der Waals surface area contributed by atoms with Crippen LogP contribution in [0.1, 0.15) is 13.8 Å². The topological polar surface area (TPSA) is 52.6 Å². The molecule has 1 unspecified atom stereocenters. The zero-order chi connectivity index (χ0) is 12.8. The van der Waals surface area contributed by atoms with E-state index in [0.29, 0.717) is 10.6 Å². The summed E-state index contributed by atoms with van der Waals surface area (Å²) in [7, 11) is 0.0616. The summed E-state index contributed by atoms with van der Waals surface area (Å²) < 4.78 is 22.0. The van der Waals surface area contributed by atoms with E-state index in [1.54, 1.807) is 38.1 Å². The molecule has 0 saturated heterocycles. The lowest BCUT2D eigenvalue weighted by molar-refractivity contribution is -0.144. The monoisotopic (exact) mass is 256 g/mol. The van der Waals surface area contributed by atoms with Crippen LogP contribution >= 0.6 is 0 Å². The lowest BCUT2D eigenvalue weighted by Crippen LogP contribution is -2.18. The highest BCUT2D eigenvalue weighted by Crippen LogP contribution is 2.21. The van der Waals surface area contributed by atoms with Crippen molar-refractivity contribution < 1.29 is 18.5 Å². The van der Waals surface area contributed by atoms with E-state index in [1.807, 2.05) is 0 Å². The lowest BCUT2D eigenvalue weighted by Gasteiger charge is -2.09. The van der Waals surface area contributed by atoms with Crippen molar-refractivity contribution >= 4 is 16.8 Å². The van der Waals surface area contributed by atoms with Gasteiger partial charge in [-0.1, -0.05) is 12.1 Å². The smallest absolute Gasteiger partial charge is 0.319 e. The van der Waals surface area contributed by atoms with Crippen LogP contribution in [0, 0.1) is 0 Å². The minimum absolute atomic E-state index is 0.154. The molecule has 0 amide bonds. The molecule has 0 bridgehead atoms. The van der Waals surface area contributed by atoms with Gasteiger partial charge in [0.15, 0.2) is 0 Å². The minimum Gasteiger partial charge on any atom is -0.495 e. The molecule has 94 valence electrons. The van der Waals surface area contributed by atoms with Crippen LogP contribution in [0.2, 0.25) is 0 Å². The van der Waals surface area contributed by atoms with Gasteiger partial charge in [-0.25, -0.2) is 0 Å². The number of benzene rings is 1. The summed E-state index contributed by atoms with van der Waals surface area (Å²) in [4.78, 5) is 11.9. The van der Waals surface area contributed by atoms with Crippen molar-refractivity contribution in [3.05, 3.63) is 24.3 Å². The predicted molar refractivity (Wildman–Crippen MR) is 65.5 cm³/mol. The van der Waals surface area contributed by atoms with Gasteiger partial charge in [-0.3, -0.25) is 9.00 Å². The van der Waals surface area contributed by atoms with Gasteiger partial charge in [0, 0.05) is 0 Å². The number of carbonyl (C=O) groups is 1. The molecule has 0 aliphatic heterocycles. The molecule has 0 heterocycles. The van der Waals surface area contributed by atoms with Gasteiger partial charge in [-0.2, -0.15) is 0 Å². The van der Waals surface area contributed by atoms with Crippen LogP contribution in [0.3, 0.4) is 0 Å². The first-order chi connectivity index (χ1) is 8.04. The van der Waals surface area contributed by atoms with Crippen LogP contribution in [0.15, 0.2) is 29.2 Å². The molecular formula is C12H16O4S. The first-order valence-electron chi connectivity index (χ1n) is 5.25. The van der Waals surface area contributed by atoms with E-state index >= 15 is 0 Å². The van der Waals surface area contributed by atoms with Crippen molar-refractivity contribution in [2.45, 2.75) is 24.8 Å². The number of rotatable bonds is 5. The van der Waals surface area contributed by atoms with Gasteiger partial charge in [0.05, 0.1) is 28.9 Å². The zero-order valence-electron chi connectivity index (χ0n) is 10.1. The van der Waals surface area contributed by atoms with Crippen molar-refractivity contribution in [1.82, 2.24) is 0 Å². The average molecular weight is 256 g/mol. The molecule has 17 heavy (non-hydrogen) atoms. The second-order valence-corrected chi connectivity index (χ2v) is 5.10. The van der Waals surface area contributed by atoms with E-state index in [2.05, 4.69) is 0 Å². The largest absolute Gasteiger partial charge is 0.495 e. The second-order valence-electron chi connectivity index (χ2n) is 3.68. The molecular weight excluding hydrogens is 240 g/mol. The van der Waals surface area contributed by atoms with Gasteiger partial charge < -0.3 is 9.47 Å². The Bertz CT molecular complexity index is 415. The van der Waals surface area contributed by atoms with Crippen LogP contribution in [0.4, 0.5) is 0 Å². The number of hydrogen-bond donors (Lipinski definition) is 0. The van der Waals surface area contributed by atoms with Crippen LogP contribution in [-0.2, 0) is 20.3 Å². The number of esters is 1. The van der Waals surface area contributed by atoms with Gasteiger partial charge >= 0.3 is 5.97 Å². The molecule has 0 aliphatic rings. The number of ether oxygens (including phenoxy) is 2. The van der Waals surface area contributed by atoms with E-state index < -0.39 is 16.8 Å². The molecule has 0 fully saturated rings. The standard InChI is InChI=1S/C12H16O4S/c1-9(2)16-12(13)8-17(14)11-7-5-4-6-10(11)15-3/h4-7,9H,8H2,1-3H3. The fourth-order valence-electron chi connectivity index (χ4n) is 1.29. The summed E-state index contributed by atoms with van der Waals surface area (Å²) in [6.07, 6.45) is -0.197. The van der Waals surface area contributed by atoms with E-state index in [-0.39, 0.29) is 11.9 Å². The Hall–Kier alpha value is -1.36. The van der Waals surface area contributed by atoms with Gasteiger partial charge in [0.1, 0.15) is 11.5 Å². The zero-order valence-corrected chi connectivity index (χ0v) is 11.0. The molecule has 1 aromatic rings. The third kappa shape index (κ3) is 4.19. The lowest BCUT2D eigenvalue weighted by atomic mass is 10.3. The average Bonchev–Trinajstić information content (AvgIpc) is 2.27. The Kier molecular flexibility index (Phi) is 5.15. The second kappa shape index (κ2) is 6.39. The molecule has 0 N–H and O–H groups in total. The Balaban J connectivity index is 2.73. The quantitative estimate of drug-likeness (QED) is 0.753. The molecule has 1 atom stereocenters. The Morgan fingerprint density at radius 1 is 1.35 bits per heavy atom. The highest BCUT2D eigenvalue weighted by molar-refractivity contribution is 7.85. The van der Waals surface area contributed by atoms with Crippen molar-refractivity contribution in [1.29, 1.82) is 0 Å². The number of carbonyl (C=O) groups excluding carboxylic acids is 1. The van der Waals surface area contributed by atoms with E-state index in [0.717, 1.165) is 0 Å². The summed E-state index contributed by atoms with van der Waals surface area (Å²) in [5, 5.41) is 0. The number of methoxy groups -OCH3 is 1. The summed E-state index contributed by atoms with van der Waals surface area (Å²) in [5.41, 5.74) is 0. The van der Waals surface area contributed by atoms with Gasteiger partial charge in [0.2, 0.25) is 0 Å². The fourth-order valence-corrected chi connectivity index (χ4v) is 2.33. The van der Waals surface area contributed by atoms with Crippen molar-refractivity contribution in [2.24, 2.45) is 0 Å². The maximum atomic E-state index is 11.9. The normalized spacial score (nSPS) is 12.2. The molecule has 0 aromatic heterocycles. The number of para-hydroxylation sites is 1. The van der Waals surface area contributed by atoms with Crippen molar-refractivity contribution in [2.75, 3.05) is 12.9 Å². The maximum Gasteiger partial charge on any atom is 0.319 e. The molecule has 0 spiro atoms. The van der Waals surface area contributed by atoms with Crippen LogP contribution in [-0.4, -0.2) is 29.1 Å². The highest BCUT2D eigenvalue weighted by atomic mass is 32.2. The maximum absolute atomic E-state index is 11.9. The Labute approximate surface area is 103 Å². The summed E-state index contributed by atoms with van der Waals surface area (Å²) in [5.74, 6) is -0.106. The Morgan fingerprint density at radius 2 is 2.00 bits per heavy atom. The highest BCUT2D eigenvalue weighted by Gasteiger charge is 2.15. The van der Waals surface area contributed by atoms with Gasteiger partial charge in [-0.05, 0) is 26.0 Å². The minimum atomic E-state index is -1.44. The third-order valence-corrected chi connectivity index (χ3v) is 3.26. The van der Waals surface area contributed by atoms with E-state index in [1.165, 1.54) is 7.11 Å². The first kappa shape index (κ1) is 13.7. The van der Waals surface area contributed by atoms with Crippen LogP contribution in [0.25, 0.3) is 0 Å². The molecule has 0 saturated carbocycles. The van der Waals surface area contributed by atoms with Crippen LogP contribution in [0.5, 0.6) is 5.75 Å². The molecule has 1 rings (SSSR count). The van der Waals surface area contributed by atoms with Crippen molar-refractivity contribution in [3.63, 3.8) is 0 Å². The summed E-state index contributed by atoms with van der Waals surface area (Å²) in [6, 6.07) is 6.92. The van der Waals surface area contributed by atoms with Gasteiger partial charge in [0.25, 0.3) is 0 Å². The molecule has 0 radical (unpaired) electrons. The summed E-state index contributed by atoms with van der Waals surface area (Å²) in [6.45, 7) is 3.51. The van der Waals surface area contributed by atoms with Crippen molar-refractivity contribution in [3.8, 4) is 5.75 Å². The van der Waals surface area contributed by atoms with Gasteiger partial charge in [-0.15, -0.1) is 0 Å². The van der Waals surface area contributed by atoms with E-state index in [4.69, 9.17) is 9.47 Å². The third-order valence-electron chi connectivity index (χ3n) is 1.93. The summed E-state index contributed by atoms with van der Waals surface area (Å²) >= 11 is 0. The SMILES string of the molecule is COc1ccccc1S(=O)CC(=O)OC(C)C. The molecule has 4 nitrogen and oxygen atoms in total. The molecule has 5 heteroatoms. The Morgan fingerprint density at radius 3 is 2.59 bits per heavy atom. The van der Waals surface area contributed by atoms with Crippen LogP contribution < -0.4 is 4.74 Å². The number of hydrogen-bond acceptors (Lipinski definition) is 4. The predicted octanol–water partition coefficient (Wildman–Crippen LogP) is 1.75. The first-order valence-corrected chi connectivity index (χ1v) is 6.57. The molecule has 1 aromatic carbocycles. The molecule has 0 aliphatic carbocycles.